The lowest BCUT2D eigenvalue weighted by Gasteiger charge is -2.02. The SMILES string of the molecule is [CH]n1nc(C(F)(F)F)c(Cl)c1-c1ccccc1. The number of halogens is 4. The standard InChI is InChI=1S/C11H6ClF3N2/c1-17-9(7-5-3-2-4-6-7)8(12)10(16-17)11(13,14)15/h1-6H. The molecule has 2 radical (unpaired) electrons. The quantitative estimate of drug-likeness (QED) is 0.762. The molecule has 0 saturated heterocycles. The van der Waals surface area contributed by atoms with Gasteiger partial charge in [0.05, 0.1) is 10.7 Å². The summed E-state index contributed by atoms with van der Waals surface area (Å²) in [5.74, 6) is 0. The molecule has 0 bridgehead atoms. The molecule has 2 aromatic rings. The molecule has 0 fully saturated rings. The van der Waals surface area contributed by atoms with E-state index in [4.69, 9.17) is 18.6 Å². The minimum atomic E-state index is -4.62. The van der Waals surface area contributed by atoms with Gasteiger partial charge in [-0.1, -0.05) is 41.9 Å². The number of rotatable bonds is 1. The van der Waals surface area contributed by atoms with Crippen LogP contribution >= 0.6 is 11.6 Å². The van der Waals surface area contributed by atoms with Gasteiger partial charge in [-0.2, -0.15) is 18.3 Å². The van der Waals surface area contributed by atoms with E-state index >= 15 is 0 Å². The molecule has 0 aliphatic carbocycles. The van der Waals surface area contributed by atoms with Gasteiger partial charge < -0.3 is 0 Å². The van der Waals surface area contributed by atoms with E-state index in [-0.39, 0.29) is 5.69 Å². The van der Waals surface area contributed by atoms with Crippen molar-refractivity contribution in [1.29, 1.82) is 0 Å². The van der Waals surface area contributed by atoms with Crippen LogP contribution < -0.4 is 0 Å². The summed E-state index contributed by atoms with van der Waals surface area (Å²) in [5.41, 5.74) is -0.664. The Labute approximate surface area is 101 Å². The molecule has 1 aromatic carbocycles. The average molecular weight is 259 g/mol. The van der Waals surface area contributed by atoms with Crippen molar-refractivity contribution in [3.63, 3.8) is 0 Å². The normalized spacial score (nSPS) is 11.8. The van der Waals surface area contributed by atoms with Crippen molar-refractivity contribution in [3.8, 4) is 11.3 Å². The largest absolute Gasteiger partial charge is 0.436 e. The summed E-state index contributed by atoms with van der Waals surface area (Å²) < 4.78 is 38.3. The molecule has 6 heteroatoms. The molecule has 88 valence electrons. The summed E-state index contributed by atoms with van der Waals surface area (Å²) in [6.45, 7) is 0. The van der Waals surface area contributed by atoms with Crippen LogP contribution in [0.25, 0.3) is 11.3 Å². The molecule has 2 rings (SSSR count). The van der Waals surface area contributed by atoms with Crippen molar-refractivity contribution in [3.05, 3.63) is 48.1 Å². The van der Waals surface area contributed by atoms with E-state index in [1.54, 1.807) is 30.3 Å². The van der Waals surface area contributed by atoms with Gasteiger partial charge in [0.25, 0.3) is 0 Å². The molecule has 1 aromatic heterocycles. The zero-order valence-electron chi connectivity index (χ0n) is 8.37. The van der Waals surface area contributed by atoms with Gasteiger partial charge in [-0.25, -0.2) is 0 Å². The molecular weight excluding hydrogens is 253 g/mol. The van der Waals surface area contributed by atoms with Crippen LogP contribution in [0.2, 0.25) is 5.02 Å². The number of hydrogen-bond acceptors (Lipinski definition) is 1. The fraction of sp³-hybridized carbons (Fsp3) is 0.0909. The van der Waals surface area contributed by atoms with Crippen LogP contribution in [0.1, 0.15) is 5.69 Å². The van der Waals surface area contributed by atoms with Gasteiger partial charge in [0, 0.05) is 5.56 Å². The maximum atomic E-state index is 12.5. The highest BCUT2D eigenvalue weighted by Gasteiger charge is 2.38. The van der Waals surface area contributed by atoms with E-state index in [9.17, 15) is 13.2 Å². The summed E-state index contributed by atoms with van der Waals surface area (Å²) in [5, 5.41) is 2.70. The molecule has 2 nitrogen and oxygen atoms in total. The molecule has 0 amide bonds. The fourth-order valence-electron chi connectivity index (χ4n) is 1.45. The van der Waals surface area contributed by atoms with Crippen LogP contribution in [0.3, 0.4) is 0 Å². The maximum absolute atomic E-state index is 12.5. The molecule has 0 atom stereocenters. The number of nitrogens with zero attached hydrogens (tertiary/aromatic N) is 2. The van der Waals surface area contributed by atoms with E-state index in [0.29, 0.717) is 10.2 Å². The lowest BCUT2D eigenvalue weighted by Crippen LogP contribution is -2.06. The predicted octanol–water partition coefficient (Wildman–Crippen LogP) is 3.74. The summed E-state index contributed by atoms with van der Waals surface area (Å²) in [7, 11) is 5.39. The summed E-state index contributed by atoms with van der Waals surface area (Å²) >= 11 is 5.67. The van der Waals surface area contributed by atoms with Gasteiger partial charge in [0.15, 0.2) is 5.69 Å². The number of hydrogen-bond donors (Lipinski definition) is 0. The van der Waals surface area contributed by atoms with Crippen molar-refractivity contribution < 1.29 is 13.2 Å². The first-order chi connectivity index (χ1) is 7.91. The average Bonchev–Trinajstić information content (AvgIpc) is 2.55. The topological polar surface area (TPSA) is 17.8 Å². The number of aromatic nitrogens is 2. The van der Waals surface area contributed by atoms with Crippen LogP contribution in [0.15, 0.2) is 30.3 Å². The van der Waals surface area contributed by atoms with E-state index in [0.717, 1.165) is 0 Å². The molecule has 0 unspecified atom stereocenters. The minimum absolute atomic E-state index is 0.0413. The van der Waals surface area contributed by atoms with Crippen LogP contribution in [0, 0.1) is 7.05 Å². The lowest BCUT2D eigenvalue weighted by atomic mass is 10.1. The molecular formula is C11H6ClF3N2. The Morgan fingerprint density at radius 3 is 2.24 bits per heavy atom. The molecule has 17 heavy (non-hydrogen) atoms. The Bertz CT molecular complexity index is 532. The van der Waals surface area contributed by atoms with Crippen LogP contribution in [0.4, 0.5) is 13.2 Å². The lowest BCUT2D eigenvalue weighted by molar-refractivity contribution is -0.141. The van der Waals surface area contributed by atoms with Crippen molar-refractivity contribution >= 4 is 11.6 Å². The monoisotopic (exact) mass is 258 g/mol. The molecule has 0 aliphatic heterocycles. The zero-order chi connectivity index (χ0) is 12.6. The molecule has 0 N–H and O–H groups in total. The van der Waals surface area contributed by atoms with Gasteiger partial charge in [0.2, 0.25) is 0 Å². The first-order valence-corrected chi connectivity index (χ1v) is 4.95. The van der Waals surface area contributed by atoms with Crippen molar-refractivity contribution in [2.45, 2.75) is 6.18 Å². The second-order valence-electron chi connectivity index (χ2n) is 3.32. The third kappa shape index (κ3) is 2.15. The van der Waals surface area contributed by atoms with E-state index in [1.165, 1.54) is 0 Å². The van der Waals surface area contributed by atoms with Crippen LogP contribution in [-0.4, -0.2) is 9.78 Å². The van der Waals surface area contributed by atoms with Crippen molar-refractivity contribution in [2.24, 2.45) is 0 Å². The molecule has 0 saturated carbocycles. The van der Waals surface area contributed by atoms with Crippen LogP contribution in [-0.2, 0) is 6.18 Å². The minimum Gasteiger partial charge on any atom is -0.255 e. The van der Waals surface area contributed by atoms with Crippen LogP contribution in [0.5, 0.6) is 0 Å². The number of benzene rings is 1. The Hall–Kier alpha value is -1.49. The number of alkyl halides is 3. The summed E-state index contributed by atoms with van der Waals surface area (Å²) in [4.78, 5) is 0. The molecule has 0 spiro atoms. The Morgan fingerprint density at radius 2 is 1.76 bits per heavy atom. The Kier molecular flexibility index (Phi) is 2.87. The third-order valence-electron chi connectivity index (χ3n) is 2.17. The van der Waals surface area contributed by atoms with Gasteiger partial charge in [-0.05, 0) is 0 Å². The highest BCUT2D eigenvalue weighted by Crippen LogP contribution is 2.39. The molecule has 0 aliphatic rings. The fourth-order valence-corrected chi connectivity index (χ4v) is 1.79. The van der Waals surface area contributed by atoms with E-state index in [2.05, 4.69) is 5.10 Å². The first-order valence-electron chi connectivity index (χ1n) is 4.57. The van der Waals surface area contributed by atoms with Gasteiger partial charge in [0.1, 0.15) is 7.05 Å². The predicted molar refractivity (Wildman–Crippen MR) is 57.4 cm³/mol. The van der Waals surface area contributed by atoms with Gasteiger partial charge in [-0.3, -0.25) is 4.68 Å². The second-order valence-corrected chi connectivity index (χ2v) is 3.70. The molecule has 1 heterocycles. The van der Waals surface area contributed by atoms with Gasteiger partial charge >= 0.3 is 6.18 Å². The summed E-state index contributed by atoms with van der Waals surface area (Å²) in [6, 6.07) is 8.29. The highest BCUT2D eigenvalue weighted by molar-refractivity contribution is 6.33. The van der Waals surface area contributed by atoms with E-state index in [1.807, 2.05) is 0 Å². The van der Waals surface area contributed by atoms with Crippen molar-refractivity contribution in [1.82, 2.24) is 9.78 Å². The zero-order valence-corrected chi connectivity index (χ0v) is 9.13. The summed E-state index contributed by atoms with van der Waals surface area (Å²) in [6.07, 6.45) is -4.62. The Morgan fingerprint density at radius 1 is 1.18 bits per heavy atom. The smallest absolute Gasteiger partial charge is 0.255 e. The second kappa shape index (κ2) is 4.07. The van der Waals surface area contributed by atoms with E-state index < -0.39 is 16.9 Å². The van der Waals surface area contributed by atoms with Crippen molar-refractivity contribution in [2.75, 3.05) is 0 Å². The van der Waals surface area contributed by atoms with Gasteiger partial charge in [-0.15, -0.1) is 0 Å². The highest BCUT2D eigenvalue weighted by atomic mass is 35.5. The maximum Gasteiger partial charge on any atom is 0.436 e. The first kappa shape index (κ1) is 12.0. The third-order valence-corrected chi connectivity index (χ3v) is 2.53. The Balaban J connectivity index is 2.61.